The fraction of sp³-hybridized carbons (Fsp3) is 0.0625. The number of hydrogen-bond donors (Lipinski definition) is 0. The first-order valence-electron chi connectivity index (χ1n) is 12.0. The SMILES string of the molecule is Brc1cccc2oc3ccc(-c4ccc5c(c4)c4ccccc4n5-c4ccccc4)cc3c12.CC. The second-order valence-corrected chi connectivity index (χ2v) is 9.20. The lowest BCUT2D eigenvalue weighted by molar-refractivity contribution is 0.669. The van der Waals surface area contributed by atoms with Crippen LogP contribution in [-0.2, 0) is 0 Å². The normalized spacial score (nSPS) is 11.3. The van der Waals surface area contributed by atoms with E-state index in [4.69, 9.17) is 4.42 Å². The molecule has 2 aromatic heterocycles. The number of hydrogen-bond acceptors (Lipinski definition) is 1. The topological polar surface area (TPSA) is 18.1 Å². The Hall–Kier alpha value is -3.82. The summed E-state index contributed by atoms with van der Waals surface area (Å²) in [4.78, 5) is 0. The predicted molar refractivity (Wildman–Crippen MR) is 153 cm³/mol. The Labute approximate surface area is 212 Å². The third-order valence-electron chi connectivity index (χ3n) is 6.46. The van der Waals surface area contributed by atoms with Gasteiger partial charge in [-0.2, -0.15) is 0 Å². The van der Waals surface area contributed by atoms with Crippen molar-refractivity contribution in [2.75, 3.05) is 0 Å². The molecular formula is C32H24BrNO. The molecule has 0 aliphatic carbocycles. The summed E-state index contributed by atoms with van der Waals surface area (Å²) in [6, 6.07) is 38.5. The molecule has 0 saturated heterocycles. The molecule has 0 atom stereocenters. The summed E-state index contributed by atoms with van der Waals surface area (Å²) in [5.74, 6) is 0. The van der Waals surface area contributed by atoms with Crippen LogP contribution in [0.1, 0.15) is 13.8 Å². The summed E-state index contributed by atoms with van der Waals surface area (Å²) >= 11 is 3.70. The van der Waals surface area contributed by atoms with Crippen molar-refractivity contribution in [3.05, 3.63) is 114 Å². The van der Waals surface area contributed by atoms with Crippen LogP contribution < -0.4 is 0 Å². The molecule has 0 radical (unpaired) electrons. The standard InChI is InChI=1S/C30H18BrNO.C2H6/c31-25-10-6-12-29-30(25)24-18-20(14-16-28(24)33-29)19-13-15-27-23(17-19)22-9-4-5-11-26(22)32(27)21-7-2-1-3-8-21;1-2/h1-18H;1-2H3. The van der Waals surface area contributed by atoms with Crippen molar-refractivity contribution in [1.29, 1.82) is 0 Å². The highest BCUT2D eigenvalue weighted by Crippen LogP contribution is 2.38. The van der Waals surface area contributed by atoms with Crippen molar-refractivity contribution in [3.63, 3.8) is 0 Å². The molecule has 0 spiro atoms. The van der Waals surface area contributed by atoms with Crippen LogP contribution in [-0.4, -0.2) is 4.57 Å². The summed E-state index contributed by atoms with van der Waals surface area (Å²) < 4.78 is 9.47. The van der Waals surface area contributed by atoms with Gasteiger partial charge in [-0.05, 0) is 65.7 Å². The molecule has 5 aromatic carbocycles. The molecule has 35 heavy (non-hydrogen) atoms. The fourth-order valence-electron chi connectivity index (χ4n) is 4.97. The second-order valence-electron chi connectivity index (χ2n) is 8.35. The van der Waals surface area contributed by atoms with Crippen LogP contribution in [0.3, 0.4) is 0 Å². The molecule has 7 aromatic rings. The van der Waals surface area contributed by atoms with Crippen molar-refractivity contribution in [2.24, 2.45) is 0 Å². The van der Waals surface area contributed by atoms with Crippen molar-refractivity contribution >= 4 is 59.7 Å². The van der Waals surface area contributed by atoms with E-state index in [2.05, 4.69) is 118 Å². The van der Waals surface area contributed by atoms with Gasteiger partial charge in [0.15, 0.2) is 0 Å². The van der Waals surface area contributed by atoms with Gasteiger partial charge < -0.3 is 8.98 Å². The van der Waals surface area contributed by atoms with Crippen LogP contribution in [0.2, 0.25) is 0 Å². The highest BCUT2D eigenvalue weighted by atomic mass is 79.9. The van der Waals surface area contributed by atoms with Crippen LogP contribution in [0, 0.1) is 0 Å². The monoisotopic (exact) mass is 517 g/mol. The quantitative estimate of drug-likeness (QED) is 0.223. The summed E-state index contributed by atoms with van der Waals surface area (Å²) in [7, 11) is 0. The van der Waals surface area contributed by atoms with Crippen LogP contribution in [0.15, 0.2) is 118 Å². The van der Waals surface area contributed by atoms with Gasteiger partial charge in [-0.3, -0.25) is 0 Å². The van der Waals surface area contributed by atoms with E-state index in [0.717, 1.165) is 26.4 Å². The number of para-hydroxylation sites is 2. The van der Waals surface area contributed by atoms with E-state index < -0.39 is 0 Å². The zero-order valence-electron chi connectivity index (χ0n) is 19.6. The van der Waals surface area contributed by atoms with Gasteiger partial charge >= 0.3 is 0 Å². The minimum absolute atomic E-state index is 0.901. The molecule has 170 valence electrons. The molecule has 0 bridgehead atoms. The van der Waals surface area contributed by atoms with E-state index in [0.29, 0.717) is 0 Å². The van der Waals surface area contributed by atoms with E-state index in [1.165, 1.54) is 38.6 Å². The first-order chi connectivity index (χ1) is 17.3. The van der Waals surface area contributed by atoms with Crippen LogP contribution in [0.25, 0.3) is 60.6 Å². The number of benzene rings is 5. The van der Waals surface area contributed by atoms with E-state index in [1.54, 1.807) is 0 Å². The van der Waals surface area contributed by atoms with Gasteiger partial charge in [0.25, 0.3) is 0 Å². The lowest BCUT2D eigenvalue weighted by Crippen LogP contribution is -1.92. The Balaban J connectivity index is 0.00000112. The first kappa shape index (κ1) is 21.7. The zero-order valence-corrected chi connectivity index (χ0v) is 21.2. The van der Waals surface area contributed by atoms with Gasteiger partial charge in [0.05, 0.1) is 11.0 Å². The third-order valence-corrected chi connectivity index (χ3v) is 7.13. The van der Waals surface area contributed by atoms with E-state index in [9.17, 15) is 0 Å². The molecular weight excluding hydrogens is 494 g/mol. The molecule has 0 unspecified atom stereocenters. The maximum absolute atomic E-state index is 6.07. The molecule has 0 saturated carbocycles. The van der Waals surface area contributed by atoms with Crippen LogP contribution in [0.5, 0.6) is 0 Å². The number of nitrogens with zero attached hydrogens (tertiary/aromatic N) is 1. The Morgan fingerprint density at radius 1 is 0.571 bits per heavy atom. The fourth-order valence-corrected chi connectivity index (χ4v) is 5.53. The molecule has 7 rings (SSSR count). The Morgan fingerprint density at radius 3 is 2.09 bits per heavy atom. The molecule has 2 heterocycles. The Kier molecular flexibility index (Phi) is 5.43. The molecule has 0 aliphatic heterocycles. The first-order valence-corrected chi connectivity index (χ1v) is 12.8. The summed E-state index contributed by atoms with van der Waals surface area (Å²) in [6.45, 7) is 4.00. The van der Waals surface area contributed by atoms with Gasteiger partial charge in [-0.1, -0.05) is 84.4 Å². The van der Waals surface area contributed by atoms with Gasteiger partial charge in [-0.25, -0.2) is 0 Å². The maximum atomic E-state index is 6.07. The maximum Gasteiger partial charge on any atom is 0.136 e. The number of furan rings is 1. The molecule has 3 heteroatoms. The molecule has 0 amide bonds. The average molecular weight is 518 g/mol. The van der Waals surface area contributed by atoms with Gasteiger partial charge in [0.2, 0.25) is 0 Å². The minimum atomic E-state index is 0.901. The van der Waals surface area contributed by atoms with Crippen LogP contribution >= 0.6 is 15.9 Å². The lowest BCUT2D eigenvalue weighted by atomic mass is 10.0. The third kappa shape index (κ3) is 3.46. The predicted octanol–water partition coefficient (Wildman–Crippen LogP) is 10.1. The number of fused-ring (bicyclic) bond motifs is 6. The summed E-state index contributed by atoms with van der Waals surface area (Å²) in [6.07, 6.45) is 0. The van der Waals surface area contributed by atoms with Crippen molar-refractivity contribution < 1.29 is 4.42 Å². The summed E-state index contributed by atoms with van der Waals surface area (Å²) in [5.41, 5.74) is 7.79. The molecule has 0 fully saturated rings. The van der Waals surface area contributed by atoms with E-state index >= 15 is 0 Å². The number of aromatic nitrogens is 1. The molecule has 2 nitrogen and oxygen atoms in total. The molecule has 0 aliphatic rings. The van der Waals surface area contributed by atoms with Crippen molar-refractivity contribution in [3.8, 4) is 16.8 Å². The largest absolute Gasteiger partial charge is 0.456 e. The highest BCUT2D eigenvalue weighted by molar-refractivity contribution is 9.10. The highest BCUT2D eigenvalue weighted by Gasteiger charge is 2.14. The van der Waals surface area contributed by atoms with Crippen molar-refractivity contribution in [2.45, 2.75) is 13.8 Å². The van der Waals surface area contributed by atoms with E-state index in [-0.39, 0.29) is 0 Å². The van der Waals surface area contributed by atoms with Crippen molar-refractivity contribution in [1.82, 2.24) is 4.57 Å². The Bertz CT molecular complexity index is 1830. The van der Waals surface area contributed by atoms with Gasteiger partial charge in [-0.15, -0.1) is 0 Å². The van der Waals surface area contributed by atoms with Gasteiger partial charge in [0, 0.05) is 31.7 Å². The summed E-state index contributed by atoms with van der Waals surface area (Å²) in [5, 5.41) is 4.76. The number of halogens is 1. The van der Waals surface area contributed by atoms with Crippen LogP contribution in [0.4, 0.5) is 0 Å². The molecule has 0 N–H and O–H groups in total. The average Bonchev–Trinajstić information content (AvgIpc) is 3.46. The lowest BCUT2D eigenvalue weighted by Gasteiger charge is -2.08. The minimum Gasteiger partial charge on any atom is -0.456 e. The smallest absolute Gasteiger partial charge is 0.136 e. The second kappa shape index (κ2) is 8.75. The Morgan fingerprint density at radius 2 is 1.26 bits per heavy atom. The van der Waals surface area contributed by atoms with E-state index in [1.807, 2.05) is 26.0 Å². The van der Waals surface area contributed by atoms with Gasteiger partial charge in [0.1, 0.15) is 11.2 Å². The zero-order chi connectivity index (χ0) is 23.9. The number of rotatable bonds is 2.